The van der Waals surface area contributed by atoms with E-state index in [9.17, 15) is 0 Å². The van der Waals surface area contributed by atoms with E-state index >= 15 is 0 Å². The molecule has 0 heterocycles. The van der Waals surface area contributed by atoms with E-state index in [1.54, 1.807) is 0 Å². The van der Waals surface area contributed by atoms with Crippen molar-refractivity contribution in [3.05, 3.63) is 60.7 Å². The van der Waals surface area contributed by atoms with Gasteiger partial charge in [-0.25, -0.2) is 0 Å². The van der Waals surface area contributed by atoms with Gasteiger partial charge in [-0.3, -0.25) is 0 Å². The minimum atomic E-state index is 1.17. The lowest BCUT2D eigenvalue weighted by Crippen LogP contribution is -1.67. The van der Waals surface area contributed by atoms with Crippen molar-refractivity contribution in [3.63, 3.8) is 0 Å². The van der Waals surface area contributed by atoms with Crippen molar-refractivity contribution >= 4 is 10.8 Å². The van der Waals surface area contributed by atoms with Crippen molar-refractivity contribution in [2.75, 3.05) is 0 Å². The summed E-state index contributed by atoms with van der Waals surface area (Å²) < 4.78 is 0. The summed E-state index contributed by atoms with van der Waals surface area (Å²) in [6, 6.07) is 16.7. The molecule has 0 aliphatic heterocycles. The Morgan fingerprint density at radius 1 is 0.750 bits per heavy atom. The Bertz CT molecular complexity index is 344. The van der Waals surface area contributed by atoms with Gasteiger partial charge in [0.15, 0.2) is 0 Å². The molecule has 0 saturated heterocycles. The third-order valence-corrected chi connectivity index (χ3v) is 1.66. The standard InChI is InChI=1S/C10H8.C4H8.C2H6/c1-2-6-10-8-4-3-7-9(10)5-1;1-4(2)3;1-2/h1-8H;1H2,2-3H3;1-2H3. The lowest BCUT2D eigenvalue weighted by molar-refractivity contribution is 1.42. The number of allylic oxidation sites excluding steroid dienone is 1. The second-order valence-electron chi connectivity index (χ2n) is 3.55. The molecule has 2 rings (SSSR count). The molecule has 0 aliphatic carbocycles. The number of benzene rings is 2. The van der Waals surface area contributed by atoms with Gasteiger partial charge in [0.25, 0.3) is 0 Å². The summed E-state index contributed by atoms with van der Waals surface area (Å²) in [7, 11) is 0. The SMILES string of the molecule is C=C(C)C.CC.c1ccc2ccccc2c1. The summed E-state index contributed by atoms with van der Waals surface area (Å²) in [5.74, 6) is 0. The lowest BCUT2D eigenvalue weighted by Gasteiger charge is -1.92. The Hall–Kier alpha value is -1.56. The van der Waals surface area contributed by atoms with Crippen LogP contribution >= 0.6 is 0 Å². The van der Waals surface area contributed by atoms with Crippen molar-refractivity contribution in [2.24, 2.45) is 0 Å². The van der Waals surface area contributed by atoms with Gasteiger partial charge in [0.2, 0.25) is 0 Å². The zero-order chi connectivity index (χ0) is 12.4. The molecule has 0 saturated carbocycles. The van der Waals surface area contributed by atoms with Crippen molar-refractivity contribution < 1.29 is 0 Å². The number of hydrogen-bond donors (Lipinski definition) is 0. The quantitative estimate of drug-likeness (QED) is 0.512. The largest absolute Gasteiger partial charge is 0.100 e. The molecule has 16 heavy (non-hydrogen) atoms. The average molecular weight is 214 g/mol. The van der Waals surface area contributed by atoms with Gasteiger partial charge in [-0.15, -0.1) is 6.58 Å². The zero-order valence-electron chi connectivity index (χ0n) is 10.8. The van der Waals surface area contributed by atoms with Gasteiger partial charge in [-0.1, -0.05) is 68.0 Å². The predicted octanol–water partition coefficient (Wildman–Crippen LogP) is 5.45. The Morgan fingerprint density at radius 2 is 0.938 bits per heavy atom. The van der Waals surface area contributed by atoms with E-state index < -0.39 is 0 Å². The molecular formula is C16H22. The second kappa shape index (κ2) is 8.72. The summed E-state index contributed by atoms with van der Waals surface area (Å²) in [6.45, 7) is 11.5. The minimum absolute atomic E-state index is 1.17. The molecule has 0 N–H and O–H groups in total. The summed E-state index contributed by atoms with van der Waals surface area (Å²) >= 11 is 0. The van der Waals surface area contributed by atoms with Crippen LogP contribution in [-0.2, 0) is 0 Å². The molecule has 0 amide bonds. The summed E-state index contributed by atoms with van der Waals surface area (Å²) in [4.78, 5) is 0. The molecule has 0 atom stereocenters. The van der Waals surface area contributed by atoms with E-state index in [0.29, 0.717) is 0 Å². The highest BCUT2D eigenvalue weighted by Crippen LogP contribution is 2.11. The molecule has 0 bridgehead atoms. The highest BCUT2D eigenvalue weighted by Gasteiger charge is 1.85. The monoisotopic (exact) mass is 214 g/mol. The van der Waals surface area contributed by atoms with Gasteiger partial charge in [-0.2, -0.15) is 0 Å². The van der Waals surface area contributed by atoms with Gasteiger partial charge >= 0.3 is 0 Å². The van der Waals surface area contributed by atoms with Crippen molar-refractivity contribution in [1.82, 2.24) is 0 Å². The van der Waals surface area contributed by atoms with Crippen LogP contribution in [0.4, 0.5) is 0 Å². The first-order valence-corrected chi connectivity index (χ1v) is 5.76. The van der Waals surface area contributed by atoms with E-state index in [2.05, 4.69) is 55.1 Å². The van der Waals surface area contributed by atoms with Gasteiger partial charge in [-0.05, 0) is 24.6 Å². The molecule has 0 fully saturated rings. The zero-order valence-corrected chi connectivity index (χ0v) is 10.8. The van der Waals surface area contributed by atoms with Crippen LogP contribution in [0, 0.1) is 0 Å². The van der Waals surface area contributed by atoms with Crippen LogP contribution < -0.4 is 0 Å². The molecule has 0 heteroatoms. The third kappa shape index (κ3) is 6.02. The molecule has 0 radical (unpaired) electrons. The number of hydrogen-bond acceptors (Lipinski definition) is 0. The highest BCUT2D eigenvalue weighted by atomic mass is 13.9. The molecule has 0 nitrogen and oxygen atoms in total. The van der Waals surface area contributed by atoms with Gasteiger partial charge in [0, 0.05) is 0 Å². The van der Waals surface area contributed by atoms with Crippen LogP contribution in [0.15, 0.2) is 60.7 Å². The van der Waals surface area contributed by atoms with Crippen molar-refractivity contribution in [2.45, 2.75) is 27.7 Å². The predicted molar refractivity (Wildman–Crippen MR) is 75.8 cm³/mol. The summed E-state index contributed by atoms with van der Waals surface area (Å²) in [5, 5.41) is 2.62. The summed E-state index contributed by atoms with van der Waals surface area (Å²) in [6.07, 6.45) is 0. The normalized spacial score (nSPS) is 8.25. The third-order valence-electron chi connectivity index (χ3n) is 1.66. The maximum atomic E-state index is 3.56. The maximum absolute atomic E-state index is 3.56. The van der Waals surface area contributed by atoms with Gasteiger partial charge in [0.05, 0.1) is 0 Å². The van der Waals surface area contributed by atoms with Crippen LogP contribution in [0.1, 0.15) is 27.7 Å². The molecule has 0 spiro atoms. The van der Waals surface area contributed by atoms with E-state index in [1.165, 1.54) is 16.3 Å². The topological polar surface area (TPSA) is 0 Å². The van der Waals surface area contributed by atoms with Crippen LogP contribution in [0.2, 0.25) is 0 Å². The first-order valence-electron chi connectivity index (χ1n) is 5.76. The van der Waals surface area contributed by atoms with Crippen LogP contribution in [0.3, 0.4) is 0 Å². The lowest BCUT2D eigenvalue weighted by atomic mass is 10.1. The first kappa shape index (κ1) is 14.4. The van der Waals surface area contributed by atoms with Crippen LogP contribution in [0.25, 0.3) is 10.8 Å². The number of fused-ring (bicyclic) bond motifs is 1. The summed E-state index contributed by atoms with van der Waals surface area (Å²) in [5.41, 5.74) is 1.17. The van der Waals surface area contributed by atoms with Crippen molar-refractivity contribution in [1.29, 1.82) is 0 Å². The van der Waals surface area contributed by atoms with Gasteiger partial charge < -0.3 is 0 Å². The van der Waals surface area contributed by atoms with Crippen molar-refractivity contribution in [3.8, 4) is 0 Å². The number of rotatable bonds is 0. The van der Waals surface area contributed by atoms with Crippen LogP contribution in [0.5, 0.6) is 0 Å². The van der Waals surface area contributed by atoms with E-state index in [1.807, 2.05) is 27.7 Å². The second-order valence-corrected chi connectivity index (χ2v) is 3.55. The highest BCUT2D eigenvalue weighted by molar-refractivity contribution is 5.81. The Kier molecular flexibility index (Phi) is 7.87. The Balaban J connectivity index is 0.000000323. The van der Waals surface area contributed by atoms with E-state index in [0.717, 1.165) is 0 Å². The average Bonchev–Trinajstić information content (AvgIpc) is 2.31. The first-order chi connectivity index (χ1) is 7.70. The fourth-order valence-corrected chi connectivity index (χ4v) is 1.13. The minimum Gasteiger partial charge on any atom is -0.100 e. The molecule has 0 aliphatic rings. The molecule has 0 unspecified atom stereocenters. The van der Waals surface area contributed by atoms with E-state index in [4.69, 9.17) is 0 Å². The van der Waals surface area contributed by atoms with E-state index in [-0.39, 0.29) is 0 Å². The fraction of sp³-hybridized carbons (Fsp3) is 0.250. The Labute approximate surface area is 99.6 Å². The molecule has 2 aromatic carbocycles. The van der Waals surface area contributed by atoms with Crippen LogP contribution in [-0.4, -0.2) is 0 Å². The fourth-order valence-electron chi connectivity index (χ4n) is 1.13. The molecule has 2 aromatic rings. The molecule has 86 valence electrons. The smallest absolute Gasteiger partial charge is 0.0184 e. The molecular weight excluding hydrogens is 192 g/mol. The molecule has 0 aromatic heterocycles. The Morgan fingerprint density at radius 3 is 1.12 bits per heavy atom. The van der Waals surface area contributed by atoms with Gasteiger partial charge in [0.1, 0.15) is 0 Å². The maximum Gasteiger partial charge on any atom is -0.0184 e.